The molecule has 25 heavy (non-hydrogen) atoms. The van der Waals surface area contributed by atoms with Crippen molar-refractivity contribution >= 4 is 23.2 Å². The quantitative estimate of drug-likeness (QED) is 0.889. The van der Waals surface area contributed by atoms with Crippen molar-refractivity contribution in [1.82, 2.24) is 20.2 Å². The van der Waals surface area contributed by atoms with E-state index in [1.54, 1.807) is 35.9 Å². The van der Waals surface area contributed by atoms with Gasteiger partial charge >= 0.3 is 0 Å². The zero-order valence-electron chi connectivity index (χ0n) is 14.3. The molecule has 2 amide bonds. The van der Waals surface area contributed by atoms with E-state index in [0.29, 0.717) is 24.6 Å². The summed E-state index contributed by atoms with van der Waals surface area (Å²) >= 11 is 1.65. The van der Waals surface area contributed by atoms with Crippen LogP contribution in [0.15, 0.2) is 29.9 Å². The fraction of sp³-hybridized carbons (Fsp3) is 0.444. The summed E-state index contributed by atoms with van der Waals surface area (Å²) in [5, 5.41) is 5.94. The molecule has 0 saturated carbocycles. The van der Waals surface area contributed by atoms with Gasteiger partial charge in [0, 0.05) is 62.2 Å². The predicted octanol–water partition coefficient (Wildman–Crippen LogP) is 2.24. The first-order chi connectivity index (χ1) is 12.1. The van der Waals surface area contributed by atoms with Gasteiger partial charge in [0.25, 0.3) is 5.91 Å². The van der Waals surface area contributed by atoms with Crippen molar-refractivity contribution in [3.8, 4) is 0 Å². The van der Waals surface area contributed by atoms with Crippen LogP contribution in [-0.4, -0.2) is 46.3 Å². The fourth-order valence-electron chi connectivity index (χ4n) is 3.03. The maximum absolute atomic E-state index is 12.6. The second kappa shape index (κ2) is 8.20. The Morgan fingerprint density at radius 3 is 2.92 bits per heavy atom. The summed E-state index contributed by atoms with van der Waals surface area (Å²) < 4.78 is 0. The molecule has 132 valence electrons. The molecule has 3 heterocycles. The van der Waals surface area contributed by atoms with E-state index in [1.165, 1.54) is 6.92 Å². The van der Waals surface area contributed by atoms with E-state index in [9.17, 15) is 9.59 Å². The van der Waals surface area contributed by atoms with E-state index in [-0.39, 0.29) is 11.8 Å². The minimum atomic E-state index is -0.0204. The molecule has 2 aromatic heterocycles. The van der Waals surface area contributed by atoms with E-state index in [4.69, 9.17) is 4.98 Å². The summed E-state index contributed by atoms with van der Waals surface area (Å²) in [6.45, 7) is 3.62. The van der Waals surface area contributed by atoms with Gasteiger partial charge in [-0.1, -0.05) is 0 Å². The molecule has 3 rings (SSSR count). The van der Waals surface area contributed by atoms with Gasteiger partial charge in [0.15, 0.2) is 0 Å². The number of nitrogens with one attached hydrogen (secondary N) is 1. The lowest BCUT2D eigenvalue weighted by Crippen LogP contribution is -2.39. The Bertz CT molecular complexity index is 732. The highest BCUT2D eigenvalue weighted by Gasteiger charge is 2.27. The lowest BCUT2D eigenvalue weighted by Gasteiger charge is -2.31. The molecule has 0 aromatic carbocycles. The minimum Gasteiger partial charge on any atom is -0.356 e. The van der Waals surface area contributed by atoms with Crippen LogP contribution in [0.25, 0.3) is 0 Å². The third kappa shape index (κ3) is 4.63. The topological polar surface area (TPSA) is 75.2 Å². The summed E-state index contributed by atoms with van der Waals surface area (Å²) in [6.07, 6.45) is 6.08. The molecular weight excluding hydrogens is 336 g/mol. The van der Waals surface area contributed by atoms with Crippen LogP contribution in [-0.2, 0) is 11.2 Å². The number of hydrogen-bond donors (Lipinski definition) is 1. The maximum Gasteiger partial charge on any atom is 0.253 e. The summed E-state index contributed by atoms with van der Waals surface area (Å²) in [5.74, 6) is 0.335. The lowest BCUT2D eigenvalue weighted by atomic mass is 9.98. The van der Waals surface area contributed by atoms with Crippen LogP contribution in [0.5, 0.6) is 0 Å². The van der Waals surface area contributed by atoms with E-state index < -0.39 is 0 Å². The van der Waals surface area contributed by atoms with E-state index in [0.717, 1.165) is 36.5 Å². The van der Waals surface area contributed by atoms with Gasteiger partial charge in [-0.15, -0.1) is 11.3 Å². The van der Waals surface area contributed by atoms with Crippen molar-refractivity contribution in [1.29, 1.82) is 0 Å². The Labute approximate surface area is 151 Å². The molecule has 1 N–H and O–H groups in total. The molecule has 1 aliphatic rings. The van der Waals surface area contributed by atoms with Crippen LogP contribution in [0.2, 0.25) is 0 Å². The van der Waals surface area contributed by atoms with Gasteiger partial charge < -0.3 is 10.2 Å². The number of piperidine rings is 1. The normalized spacial score (nSPS) is 17.3. The molecule has 0 unspecified atom stereocenters. The molecule has 1 fully saturated rings. The average Bonchev–Trinajstić information content (AvgIpc) is 3.10. The summed E-state index contributed by atoms with van der Waals surface area (Å²) in [5.41, 5.74) is 1.69. The number of pyridine rings is 1. The molecule has 7 heteroatoms. The van der Waals surface area contributed by atoms with E-state index >= 15 is 0 Å². The van der Waals surface area contributed by atoms with Gasteiger partial charge in [0.05, 0.1) is 10.7 Å². The SMILES string of the molecule is CC(=O)NCCc1csc([C@@H]2CCCN(C(=O)c3ccncc3)C2)n1. The van der Waals surface area contributed by atoms with Crippen molar-refractivity contribution in [3.63, 3.8) is 0 Å². The number of carbonyl (C=O) groups is 2. The number of amides is 2. The number of carbonyl (C=O) groups excluding carboxylic acids is 2. The molecule has 0 radical (unpaired) electrons. The van der Waals surface area contributed by atoms with Crippen LogP contribution < -0.4 is 5.32 Å². The molecule has 1 atom stereocenters. The molecular formula is C18H22N4O2S. The first-order valence-corrected chi connectivity index (χ1v) is 9.39. The number of likely N-dealkylation sites (tertiary alicyclic amines) is 1. The molecule has 0 spiro atoms. The number of aromatic nitrogens is 2. The van der Waals surface area contributed by atoms with Crippen molar-refractivity contribution in [2.24, 2.45) is 0 Å². The Kier molecular flexibility index (Phi) is 5.75. The fourth-order valence-corrected chi connectivity index (χ4v) is 4.01. The zero-order valence-corrected chi connectivity index (χ0v) is 15.1. The minimum absolute atomic E-state index is 0.0204. The third-order valence-electron chi connectivity index (χ3n) is 4.31. The molecule has 2 aromatic rings. The van der Waals surface area contributed by atoms with Gasteiger partial charge in [-0.3, -0.25) is 14.6 Å². The Morgan fingerprint density at radius 1 is 1.36 bits per heavy atom. The van der Waals surface area contributed by atoms with Crippen LogP contribution in [0.3, 0.4) is 0 Å². The Morgan fingerprint density at radius 2 is 2.16 bits per heavy atom. The van der Waals surface area contributed by atoms with Gasteiger partial charge in [-0.2, -0.15) is 0 Å². The van der Waals surface area contributed by atoms with Crippen LogP contribution in [0, 0.1) is 0 Å². The molecule has 1 saturated heterocycles. The summed E-state index contributed by atoms with van der Waals surface area (Å²) in [7, 11) is 0. The van der Waals surface area contributed by atoms with Gasteiger partial charge in [0.2, 0.25) is 5.91 Å². The van der Waals surface area contributed by atoms with Crippen LogP contribution in [0.4, 0.5) is 0 Å². The third-order valence-corrected chi connectivity index (χ3v) is 5.37. The second-order valence-corrected chi connectivity index (χ2v) is 7.13. The maximum atomic E-state index is 12.6. The first kappa shape index (κ1) is 17.5. The van der Waals surface area contributed by atoms with Gasteiger partial charge in [-0.25, -0.2) is 4.98 Å². The average molecular weight is 358 g/mol. The van der Waals surface area contributed by atoms with Crippen molar-refractivity contribution < 1.29 is 9.59 Å². The summed E-state index contributed by atoms with van der Waals surface area (Å²) in [6, 6.07) is 3.52. The van der Waals surface area contributed by atoms with Crippen molar-refractivity contribution in [2.45, 2.75) is 32.1 Å². The smallest absolute Gasteiger partial charge is 0.253 e. The number of thiazole rings is 1. The zero-order chi connectivity index (χ0) is 17.6. The number of rotatable bonds is 5. The largest absolute Gasteiger partial charge is 0.356 e. The second-order valence-electron chi connectivity index (χ2n) is 6.24. The van der Waals surface area contributed by atoms with Gasteiger partial charge in [-0.05, 0) is 25.0 Å². The van der Waals surface area contributed by atoms with Gasteiger partial charge in [0.1, 0.15) is 0 Å². The Hall–Kier alpha value is -2.28. The summed E-state index contributed by atoms with van der Waals surface area (Å²) in [4.78, 5) is 34.2. The molecule has 0 bridgehead atoms. The molecule has 6 nitrogen and oxygen atoms in total. The van der Waals surface area contributed by atoms with Crippen LogP contribution >= 0.6 is 11.3 Å². The number of hydrogen-bond acceptors (Lipinski definition) is 5. The van der Waals surface area contributed by atoms with Crippen LogP contribution in [0.1, 0.15) is 46.7 Å². The monoisotopic (exact) mass is 358 g/mol. The van der Waals surface area contributed by atoms with Crippen molar-refractivity contribution in [3.05, 3.63) is 46.2 Å². The highest BCUT2D eigenvalue weighted by molar-refractivity contribution is 7.09. The lowest BCUT2D eigenvalue weighted by molar-refractivity contribution is -0.118. The van der Waals surface area contributed by atoms with E-state index in [2.05, 4.69) is 15.7 Å². The van der Waals surface area contributed by atoms with Crippen molar-refractivity contribution in [2.75, 3.05) is 19.6 Å². The number of nitrogens with zero attached hydrogens (tertiary/aromatic N) is 3. The standard InChI is InChI=1S/C18H22N4O2S/c1-13(23)20-9-6-16-12-25-17(21-16)15-3-2-10-22(11-15)18(24)14-4-7-19-8-5-14/h4-5,7-8,12,15H,2-3,6,9-11H2,1H3,(H,20,23)/t15-/m1/s1. The molecule has 1 aliphatic heterocycles. The molecule has 0 aliphatic carbocycles. The first-order valence-electron chi connectivity index (χ1n) is 8.51. The predicted molar refractivity (Wildman–Crippen MR) is 96.6 cm³/mol. The highest BCUT2D eigenvalue weighted by atomic mass is 32.1. The Balaban J connectivity index is 1.61. The van der Waals surface area contributed by atoms with E-state index in [1.807, 2.05) is 4.90 Å². The highest BCUT2D eigenvalue weighted by Crippen LogP contribution is 2.30.